The number of hydrogen-bond donors (Lipinski definition) is 0. The highest BCUT2D eigenvalue weighted by Crippen LogP contribution is 2.16. The Labute approximate surface area is 73.5 Å². The first-order valence-corrected chi connectivity index (χ1v) is 3.42. The van der Waals surface area contributed by atoms with Crippen LogP contribution in [0.15, 0.2) is 18.2 Å². The molecule has 0 unspecified atom stereocenters. The van der Waals surface area contributed by atoms with E-state index in [9.17, 15) is 13.6 Å². The second-order valence-corrected chi connectivity index (χ2v) is 2.24. The fraction of sp³-hybridized carbons (Fsp3) is 0.125. The van der Waals surface area contributed by atoms with Gasteiger partial charge in [0, 0.05) is 18.2 Å². The number of carbonyl (C=O) groups excluding carboxylic acids is 1. The first kappa shape index (κ1) is 9.60. The van der Waals surface area contributed by atoms with Crippen LogP contribution in [0.2, 0.25) is 0 Å². The number of anilines is 1. The van der Waals surface area contributed by atoms with Crippen molar-refractivity contribution in [3.8, 4) is 0 Å². The predicted octanol–water partition coefficient (Wildman–Crippen LogP) is 1.49. The third kappa shape index (κ3) is 2.22. The summed E-state index contributed by atoms with van der Waals surface area (Å²) in [6, 6.07) is 2.68. The van der Waals surface area contributed by atoms with E-state index in [2.05, 4.69) is 4.84 Å². The maximum atomic E-state index is 12.6. The first-order chi connectivity index (χ1) is 6.17. The molecule has 0 heterocycles. The van der Waals surface area contributed by atoms with Gasteiger partial charge < -0.3 is 0 Å². The molecule has 0 spiro atoms. The smallest absolute Gasteiger partial charge is 0.238 e. The highest BCUT2D eigenvalue weighted by Gasteiger charge is 2.07. The van der Waals surface area contributed by atoms with E-state index in [4.69, 9.17) is 0 Å². The Balaban J connectivity index is 3.05. The van der Waals surface area contributed by atoms with Crippen LogP contribution >= 0.6 is 0 Å². The number of carbonyl (C=O) groups is 1. The molecule has 0 radical (unpaired) electrons. The molecular formula is C8H7F2NO2. The minimum absolute atomic E-state index is 0.00926. The zero-order valence-electron chi connectivity index (χ0n) is 6.83. The molecule has 70 valence electrons. The highest BCUT2D eigenvalue weighted by molar-refractivity contribution is 5.71. The highest BCUT2D eigenvalue weighted by atomic mass is 19.1. The first-order valence-electron chi connectivity index (χ1n) is 3.42. The molecule has 13 heavy (non-hydrogen) atoms. The van der Waals surface area contributed by atoms with E-state index in [-0.39, 0.29) is 5.69 Å². The molecule has 0 saturated carbocycles. The molecular weight excluding hydrogens is 180 g/mol. The van der Waals surface area contributed by atoms with E-state index in [0.717, 1.165) is 12.1 Å². The molecule has 1 aromatic carbocycles. The van der Waals surface area contributed by atoms with Gasteiger partial charge in [0.2, 0.25) is 6.41 Å². The normalized spacial score (nSPS) is 9.77. The zero-order chi connectivity index (χ0) is 9.84. The quantitative estimate of drug-likeness (QED) is 0.530. The number of halogens is 2. The summed E-state index contributed by atoms with van der Waals surface area (Å²) in [5.41, 5.74) is 0.00926. The number of nitrogens with zero attached hydrogens (tertiary/aromatic N) is 1. The van der Waals surface area contributed by atoms with Gasteiger partial charge in [-0.2, -0.15) is 5.06 Å². The lowest BCUT2D eigenvalue weighted by molar-refractivity contribution is -0.112. The Hall–Kier alpha value is -1.49. The predicted molar refractivity (Wildman–Crippen MR) is 41.9 cm³/mol. The fourth-order valence-electron chi connectivity index (χ4n) is 0.876. The molecule has 5 heteroatoms. The second kappa shape index (κ2) is 3.95. The molecule has 0 saturated heterocycles. The molecule has 0 N–H and O–H groups in total. The standard InChI is InChI=1S/C8H7F2NO2/c1-13-11(5-12)8-3-6(9)2-7(10)4-8/h2-5H,1H3. The fourth-order valence-corrected chi connectivity index (χ4v) is 0.876. The Morgan fingerprint density at radius 1 is 1.31 bits per heavy atom. The largest absolute Gasteiger partial charge is 0.276 e. The van der Waals surface area contributed by atoms with Crippen molar-refractivity contribution in [3.63, 3.8) is 0 Å². The minimum atomic E-state index is -0.765. The van der Waals surface area contributed by atoms with Crippen molar-refractivity contribution in [1.29, 1.82) is 0 Å². The molecule has 0 aliphatic heterocycles. The van der Waals surface area contributed by atoms with E-state index in [1.165, 1.54) is 7.11 Å². The van der Waals surface area contributed by atoms with E-state index in [0.29, 0.717) is 17.5 Å². The van der Waals surface area contributed by atoms with Crippen LogP contribution in [0, 0.1) is 11.6 Å². The number of rotatable bonds is 3. The summed E-state index contributed by atoms with van der Waals surface area (Å²) >= 11 is 0. The summed E-state index contributed by atoms with van der Waals surface area (Å²) in [5, 5.41) is 0.714. The maximum Gasteiger partial charge on any atom is 0.238 e. The van der Waals surface area contributed by atoms with Gasteiger partial charge in [0.05, 0.1) is 12.8 Å². The molecule has 1 aromatic rings. The lowest BCUT2D eigenvalue weighted by atomic mass is 10.3. The number of amides is 1. The van der Waals surface area contributed by atoms with E-state index >= 15 is 0 Å². The Kier molecular flexibility index (Phi) is 2.92. The monoisotopic (exact) mass is 187 g/mol. The topological polar surface area (TPSA) is 29.5 Å². The summed E-state index contributed by atoms with van der Waals surface area (Å²) in [5.74, 6) is -1.53. The molecule has 0 fully saturated rings. The molecule has 1 amide bonds. The number of hydrogen-bond acceptors (Lipinski definition) is 2. The maximum absolute atomic E-state index is 12.6. The van der Waals surface area contributed by atoms with Crippen LogP contribution in [0.5, 0.6) is 0 Å². The van der Waals surface area contributed by atoms with Crippen molar-refractivity contribution in [2.24, 2.45) is 0 Å². The number of benzene rings is 1. The number of hydroxylamine groups is 1. The molecule has 0 bridgehead atoms. The van der Waals surface area contributed by atoms with Crippen LogP contribution in [0.3, 0.4) is 0 Å². The van der Waals surface area contributed by atoms with Crippen molar-refractivity contribution in [2.45, 2.75) is 0 Å². The summed E-state index contributed by atoms with van der Waals surface area (Å²) in [7, 11) is 1.22. The van der Waals surface area contributed by atoms with E-state index in [1.807, 2.05) is 0 Å². The summed E-state index contributed by atoms with van der Waals surface area (Å²) in [6.07, 6.45) is 0.314. The van der Waals surface area contributed by atoms with Crippen molar-refractivity contribution in [2.75, 3.05) is 12.2 Å². The minimum Gasteiger partial charge on any atom is -0.276 e. The molecule has 3 nitrogen and oxygen atoms in total. The summed E-state index contributed by atoms with van der Waals surface area (Å²) < 4.78 is 25.2. The van der Waals surface area contributed by atoms with Gasteiger partial charge in [-0.15, -0.1) is 0 Å². The Bertz CT molecular complexity index is 297. The SMILES string of the molecule is CON(C=O)c1cc(F)cc(F)c1. The summed E-state index contributed by atoms with van der Waals surface area (Å²) in [6.45, 7) is 0. The van der Waals surface area contributed by atoms with Gasteiger partial charge >= 0.3 is 0 Å². The molecule has 0 aromatic heterocycles. The molecule has 1 rings (SSSR count). The lowest BCUT2D eigenvalue weighted by Crippen LogP contribution is -2.19. The van der Waals surface area contributed by atoms with Crippen molar-refractivity contribution < 1.29 is 18.4 Å². The van der Waals surface area contributed by atoms with Gasteiger partial charge in [-0.3, -0.25) is 9.63 Å². The van der Waals surface area contributed by atoms with Crippen molar-refractivity contribution in [3.05, 3.63) is 29.8 Å². The third-order valence-electron chi connectivity index (χ3n) is 1.39. The average Bonchev–Trinajstić information content (AvgIpc) is 2.04. The van der Waals surface area contributed by atoms with Gasteiger partial charge in [0.1, 0.15) is 11.6 Å². The summed E-state index contributed by atoms with van der Waals surface area (Å²) in [4.78, 5) is 14.8. The van der Waals surface area contributed by atoms with Crippen LogP contribution in [0.1, 0.15) is 0 Å². The van der Waals surface area contributed by atoms with Gasteiger partial charge in [-0.05, 0) is 0 Å². The van der Waals surface area contributed by atoms with Crippen LogP contribution in [-0.4, -0.2) is 13.5 Å². The van der Waals surface area contributed by atoms with Crippen LogP contribution in [0.25, 0.3) is 0 Å². The van der Waals surface area contributed by atoms with Gasteiger partial charge in [0.25, 0.3) is 0 Å². The molecule has 0 atom stereocenters. The average molecular weight is 187 g/mol. The van der Waals surface area contributed by atoms with Crippen LogP contribution < -0.4 is 5.06 Å². The van der Waals surface area contributed by atoms with Gasteiger partial charge in [0.15, 0.2) is 0 Å². The van der Waals surface area contributed by atoms with E-state index in [1.54, 1.807) is 0 Å². The van der Waals surface area contributed by atoms with Gasteiger partial charge in [-0.1, -0.05) is 0 Å². The van der Waals surface area contributed by atoms with Crippen molar-refractivity contribution in [1.82, 2.24) is 0 Å². The van der Waals surface area contributed by atoms with Gasteiger partial charge in [-0.25, -0.2) is 8.78 Å². The second-order valence-electron chi connectivity index (χ2n) is 2.24. The Morgan fingerprint density at radius 2 is 1.85 bits per heavy atom. The molecule has 0 aliphatic rings. The van der Waals surface area contributed by atoms with Crippen LogP contribution in [-0.2, 0) is 9.63 Å². The van der Waals surface area contributed by atoms with E-state index < -0.39 is 11.6 Å². The lowest BCUT2D eigenvalue weighted by Gasteiger charge is -2.13. The van der Waals surface area contributed by atoms with Crippen LogP contribution in [0.4, 0.5) is 14.5 Å². The molecule has 0 aliphatic carbocycles. The Morgan fingerprint density at radius 3 is 2.23 bits per heavy atom. The van der Waals surface area contributed by atoms with Crippen molar-refractivity contribution >= 4 is 12.1 Å². The zero-order valence-corrected chi connectivity index (χ0v) is 6.83. The third-order valence-corrected chi connectivity index (χ3v) is 1.39.